The van der Waals surface area contributed by atoms with Crippen molar-refractivity contribution in [3.05, 3.63) is 83.9 Å². The molecule has 1 aliphatic heterocycles. The molecule has 0 unspecified atom stereocenters. The van der Waals surface area contributed by atoms with E-state index in [0.29, 0.717) is 31.9 Å². The molecule has 35 heavy (non-hydrogen) atoms. The standard InChI is InChI=1S/C28H28N2O5/c31-25(18-20-6-8-22(9-7-20)21-4-2-1-3-5-21)23-10-11-26(35-33)24(19-23)29-27(32)28(12-13-28)30-14-16-34-17-15-30/h1-11,19,33H,12-18H2,(H,29,32). The molecule has 0 spiro atoms. The molecule has 3 aromatic rings. The summed E-state index contributed by atoms with van der Waals surface area (Å²) in [5.74, 6) is -0.148. The van der Waals surface area contributed by atoms with Gasteiger partial charge in [0.1, 0.15) is 5.54 Å². The third-order valence-corrected chi connectivity index (χ3v) is 6.84. The molecule has 2 aliphatic rings. The predicted octanol–water partition coefficient (Wildman–Crippen LogP) is 4.43. The molecular weight excluding hydrogens is 444 g/mol. The van der Waals surface area contributed by atoms with Crippen LogP contribution < -0.4 is 10.2 Å². The third-order valence-electron chi connectivity index (χ3n) is 6.84. The van der Waals surface area contributed by atoms with Crippen molar-refractivity contribution in [2.45, 2.75) is 24.8 Å². The average Bonchev–Trinajstić information content (AvgIpc) is 3.72. The summed E-state index contributed by atoms with van der Waals surface area (Å²) < 4.78 is 5.41. The van der Waals surface area contributed by atoms with E-state index in [4.69, 9.17) is 4.74 Å². The van der Waals surface area contributed by atoms with Crippen molar-refractivity contribution in [2.75, 3.05) is 31.6 Å². The summed E-state index contributed by atoms with van der Waals surface area (Å²) in [7, 11) is 0. The molecule has 1 saturated heterocycles. The number of rotatable bonds is 8. The molecule has 1 heterocycles. The van der Waals surface area contributed by atoms with E-state index in [1.165, 1.54) is 6.07 Å². The van der Waals surface area contributed by atoms with Crippen molar-refractivity contribution in [3.8, 4) is 16.9 Å². The van der Waals surface area contributed by atoms with Gasteiger partial charge in [-0.05, 0) is 47.7 Å². The zero-order valence-corrected chi connectivity index (χ0v) is 19.4. The number of ether oxygens (including phenoxy) is 1. The molecule has 7 nitrogen and oxygen atoms in total. The molecular formula is C28H28N2O5. The maximum absolute atomic E-state index is 13.2. The third kappa shape index (κ3) is 4.98. The molecule has 180 valence electrons. The molecule has 7 heteroatoms. The van der Waals surface area contributed by atoms with Crippen molar-refractivity contribution in [1.82, 2.24) is 4.90 Å². The minimum absolute atomic E-state index is 0.0910. The van der Waals surface area contributed by atoms with Gasteiger partial charge in [0.05, 0.1) is 18.9 Å². The second-order valence-electron chi connectivity index (χ2n) is 9.05. The zero-order chi connectivity index (χ0) is 24.3. The summed E-state index contributed by atoms with van der Waals surface area (Å²) >= 11 is 0. The van der Waals surface area contributed by atoms with Crippen LogP contribution in [0, 0.1) is 0 Å². The van der Waals surface area contributed by atoms with Crippen LogP contribution in [0.3, 0.4) is 0 Å². The first-order valence-electron chi connectivity index (χ1n) is 11.9. The maximum Gasteiger partial charge on any atom is 0.245 e. The smallest absolute Gasteiger partial charge is 0.245 e. The monoisotopic (exact) mass is 472 g/mol. The Morgan fingerprint density at radius 2 is 1.63 bits per heavy atom. The molecule has 5 rings (SSSR count). The van der Waals surface area contributed by atoms with Crippen LogP contribution in [-0.2, 0) is 16.0 Å². The van der Waals surface area contributed by atoms with Gasteiger partial charge in [0.2, 0.25) is 5.91 Å². The SMILES string of the molecule is O=C(Cc1ccc(-c2ccccc2)cc1)c1ccc(OO)c(NC(=O)C2(N3CCOCC3)CC2)c1. The summed E-state index contributed by atoms with van der Waals surface area (Å²) in [6.45, 7) is 2.63. The number of amides is 1. The Hall–Kier alpha value is -3.52. The molecule has 2 fully saturated rings. The Labute approximate surface area is 204 Å². The highest BCUT2D eigenvalue weighted by molar-refractivity contribution is 6.03. The summed E-state index contributed by atoms with van der Waals surface area (Å²) in [6.07, 6.45) is 1.76. The highest BCUT2D eigenvalue weighted by atomic mass is 17.1. The number of hydrogen-bond donors (Lipinski definition) is 2. The largest absolute Gasteiger partial charge is 0.379 e. The molecule has 3 aromatic carbocycles. The van der Waals surface area contributed by atoms with E-state index in [-0.39, 0.29) is 29.5 Å². The number of ketones is 1. The van der Waals surface area contributed by atoms with Crippen LogP contribution in [0.5, 0.6) is 5.75 Å². The minimum Gasteiger partial charge on any atom is -0.379 e. The quantitative estimate of drug-likeness (QED) is 0.286. The van der Waals surface area contributed by atoms with Gasteiger partial charge in [-0.2, -0.15) is 0 Å². The number of nitrogens with one attached hydrogen (secondary N) is 1. The Balaban J connectivity index is 1.29. The lowest BCUT2D eigenvalue weighted by Gasteiger charge is -2.33. The molecule has 1 saturated carbocycles. The fourth-order valence-electron chi connectivity index (χ4n) is 4.65. The van der Waals surface area contributed by atoms with Crippen LogP contribution >= 0.6 is 0 Å². The van der Waals surface area contributed by atoms with Gasteiger partial charge >= 0.3 is 0 Å². The Morgan fingerprint density at radius 3 is 2.29 bits per heavy atom. The van der Waals surface area contributed by atoms with Gasteiger partial charge in [0.15, 0.2) is 11.5 Å². The van der Waals surface area contributed by atoms with E-state index in [1.54, 1.807) is 12.1 Å². The highest BCUT2D eigenvalue weighted by Crippen LogP contribution is 2.43. The summed E-state index contributed by atoms with van der Waals surface area (Å²) in [6, 6.07) is 22.6. The van der Waals surface area contributed by atoms with Crippen LogP contribution in [0.1, 0.15) is 28.8 Å². The lowest BCUT2D eigenvalue weighted by Crippen LogP contribution is -2.51. The lowest BCUT2D eigenvalue weighted by molar-refractivity contribution is -0.137. The minimum atomic E-state index is -0.559. The molecule has 1 amide bonds. The van der Waals surface area contributed by atoms with Gasteiger partial charge in [0.25, 0.3) is 0 Å². The van der Waals surface area contributed by atoms with E-state index in [0.717, 1.165) is 29.5 Å². The maximum atomic E-state index is 13.2. The molecule has 0 bridgehead atoms. The van der Waals surface area contributed by atoms with Gasteiger partial charge < -0.3 is 14.9 Å². The van der Waals surface area contributed by atoms with Crippen molar-refractivity contribution in [2.24, 2.45) is 0 Å². The Bertz CT molecular complexity index is 1200. The summed E-state index contributed by atoms with van der Waals surface area (Å²) in [5.41, 5.74) is 3.26. The molecule has 1 aliphatic carbocycles. The van der Waals surface area contributed by atoms with Gasteiger partial charge in [-0.25, -0.2) is 5.26 Å². The first-order chi connectivity index (χ1) is 17.1. The number of Topliss-reactive ketones (excluding diaryl/α,β-unsaturated/α-hetero) is 1. The van der Waals surface area contributed by atoms with Crippen LogP contribution in [0.15, 0.2) is 72.8 Å². The van der Waals surface area contributed by atoms with Crippen LogP contribution in [0.4, 0.5) is 5.69 Å². The van der Waals surface area contributed by atoms with Crippen LogP contribution in [-0.4, -0.2) is 53.7 Å². The lowest BCUT2D eigenvalue weighted by atomic mass is 9.99. The zero-order valence-electron chi connectivity index (χ0n) is 19.4. The number of morpholine rings is 1. The summed E-state index contributed by atoms with van der Waals surface area (Å²) in [4.78, 5) is 32.8. The Morgan fingerprint density at radius 1 is 0.943 bits per heavy atom. The van der Waals surface area contributed by atoms with Crippen LogP contribution in [0.2, 0.25) is 0 Å². The number of benzene rings is 3. The van der Waals surface area contributed by atoms with Gasteiger partial charge in [-0.15, -0.1) is 0 Å². The van der Waals surface area contributed by atoms with Gasteiger partial charge in [0, 0.05) is 25.1 Å². The van der Waals surface area contributed by atoms with Crippen molar-refractivity contribution < 1.29 is 24.5 Å². The molecule has 2 N–H and O–H groups in total. The molecule has 0 atom stereocenters. The van der Waals surface area contributed by atoms with Crippen LogP contribution in [0.25, 0.3) is 11.1 Å². The second kappa shape index (κ2) is 10.00. The Kier molecular flexibility index (Phi) is 6.63. The molecule has 0 radical (unpaired) electrons. The number of carbonyl (C=O) groups excluding carboxylic acids is 2. The van der Waals surface area contributed by atoms with Crippen molar-refractivity contribution in [1.29, 1.82) is 0 Å². The molecule has 0 aromatic heterocycles. The topological polar surface area (TPSA) is 88.1 Å². The van der Waals surface area contributed by atoms with E-state index < -0.39 is 5.54 Å². The van der Waals surface area contributed by atoms with E-state index in [2.05, 4.69) is 15.1 Å². The van der Waals surface area contributed by atoms with E-state index in [9.17, 15) is 14.8 Å². The fraction of sp³-hybridized carbons (Fsp3) is 0.286. The number of nitrogens with zero attached hydrogens (tertiary/aromatic N) is 1. The fourth-order valence-corrected chi connectivity index (χ4v) is 4.65. The van der Waals surface area contributed by atoms with Crippen molar-refractivity contribution >= 4 is 17.4 Å². The van der Waals surface area contributed by atoms with E-state index >= 15 is 0 Å². The first kappa shape index (κ1) is 23.2. The first-order valence-corrected chi connectivity index (χ1v) is 11.9. The normalized spacial score (nSPS) is 16.9. The van der Waals surface area contributed by atoms with Gasteiger partial charge in [-0.3, -0.25) is 14.5 Å². The van der Waals surface area contributed by atoms with Crippen molar-refractivity contribution in [3.63, 3.8) is 0 Å². The average molecular weight is 473 g/mol. The number of hydrogen-bond acceptors (Lipinski definition) is 6. The summed E-state index contributed by atoms with van der Waals surface area (Å²) in [5, 5.41) is 12.2. The number of anilines is 1. The second-order valence-corrected chi connectivity index (χ2v) is 9.05. The van der Waals surface area contributed by atoms with E-state index in [1.807, 2.05) is 54.6 Å². The van der Waals surface area contributed by atoms with Gasteiger partial charge in [-0.1, -0.05) is 54.6 Å². The highest BCUT2D eigenvalue weighted by Gasteiger charge is 2.54. The number of carbonyl (C=O) groups is 2. The predicted molar refractivity (Wildman–Crippen MR) is 133 cm³/mol.